The first-order valence-electron chi connectivity index (χ1n) is 8.95. The number of aryl methyl sites for hydroxylation is 2. The zero-order valence-corrected chi connectivity index (χ0v) is 18.6. The molecule has 0 unspecified atom stereocenters. The van der Waals surface area contributed by atoms with Crippen LogP contribution in [0.4, 0.5) is 5.13 Å². The molecule has 0 bridgehead atoms. The summed E-state index contributed by atoms with van der Waals surface area (Å²) in [7, 11) is -0.888. The van der Waals surface area contributed by atoms with Gasteiger partial charge in [-0.15, -0.1) is 0 Å². The number of amides is 1. The third-order valence-electron chi connectivity index (χ3n) is 4.26. The lowest BCUT2D eigenvalue weighted by Gasteiger charge is -2.12. The highest BCUT2D eigenvalue weighted by atomic mass is 32.2. The Morgan fingerprint density at radius 2 is 1.90 bits per heavy atom. The standard InChI is InChI=1S/C20H21N3O5S2/c1-12-8-13(2)18-16(9-12)29-20(22-18)21-17(24)11-28-19(25)14-6-5-7-15(10-14)30(26,27)23(3)4/h5-10H,11H2,1-4H3,(H,21,22,24). The van der Waals surface area contributed by atoms with Crippen molar-refractivity contribution < 1.29 is 22.7 Å². The molecule has 1 aromatic heterocycles. The molecular weight excluding hydrogens is 426 g/mol. The Bertz CT molecular complexity index is 1230. The van der Waals surface area contributed by atoms with Crippen molar-refractivity contribution >= 4 is 48.6 Å². The second-order valence-corrected chi connectivity index (χ2v) is 10.1. The molecule has 3 aromatic rings. The molecule has 0 spiro atoms. The average molecular weight is 448 g/mol. The summed E-state index contributed by atoms with van der Waals surface area (Å²) in [6.45, 7) is 3.42. The van der Waals surface area contributed by atoms with Crippen molar-refractivity contribution in [1.82, 2.24) is 9.29 Å². The lowest BCUT2D eigenvalue weighted by atomic mass is 10.1. The predicted molar refractivity (Wildman–Crippen MR) is 115 cm³/mol. The highest BCUT2D eigenvalue weighted by Gasteiger charge is 2.20. The van der Waals surface area contributed by atoms with Crippen LogP contribution in [-0.2, 0) is 19.6 Å². The van der Waals surface area contributed by atoms with Gasteiger partial charge in [-0.3, -0.25) is 10.1 Å². The third-order valence-corrected chi connectivity index (χ3v) is 6.99. The van der Waals surface area contributed by atoms with Crippen molar-refractivity contribution in [2.24, 2.45) is 0 Å². The molecule has 1 amide bonds. The van der Waals surface area contributed by atoms with E-state index >= 15 is 0 Å². The number of carbonyl (C=O) groups is 2. The average Bonchev–Trinajstić information content (AvgIpc) is 3.08. The fourth-order valence-electron chi connectivity index (χ4n) is 2.79. The van der Waals surface area contributed by atoms with E-state index in [0.29, 0.717) is 5.13 Å². The van der Waals surface area contributed by atoms with Crippen molar-refractivity contribution in [2.75, 3.05) is 26.0 Å². The summed E-state index contributed by atoms with van der Waals surface area (Å²) >= 11 is 1.34. The largest absolute Gasteiger partial charge is 0.452 e. The molecule has 158 valence electrons. The summed E-state index contributed by atoms with van der Waals surface area (Å²) < 4.78 is 31.4. The van der Waals surface area contributed by atoms with Crippen molar-refractivity contribution in [3.05, 3.63) is 53.1 Å². The Hall–Kier alpha value is -2.82. The van der Waals surface area contributed by atoms with E-state index in [1.807, 2.05) is 26.0 Å². The normalized spacial score (nSPS) is 11.6. The van der Waals surface area contributed by atoms with Crippen LogP contribution in [-0.4, -0.2) is 50.3 Å². The van der Waals surface area contributed by atoms with E-state index in [-0.39, 0.29) is 10.5 Å². The van der Waals surface area contributed by atoms with Crippen molar-refractivity contribution in [2.45, 2.75) is 18.7 Å². The number of nitrogens with zero attached hydrogens (tertiary/aromatic N) is 2. The molecule has 3 rings (SSSR count). The van der Waals surface area contributed by atoms with Crippen LogP contribution in [0.1, 0.15) is 21.5 Å². The highest BCUT2D eigenvalue weighted by molar-refractivity contribution is 7.89. The van der Waals surface area contributed by atoms with E-state index < -0.39 is 28.5 Å². The van der Waals surface area contributed by atoms with Gasteiger partial charge in [0.15, 0.2) is 11.7 Å². The van der Waals surface area contributed by atoms with Gasteiger partial charge in [0.1, 0.15) is 0 Å². The minimum atomic E-state index is -3.68. The van der Waals surface area contributed by atoms with Crippen molar-refractivity contribution in [3.63, 3.8) is 0 Å². The first kappa shape index (κ1) is 21.9. The second kappa shape index (κ2) is 8.50. The minimum Gasteiger partial charge on any atom is -0.452 e. The van der Waals surface area contributed by atoms with Gasteiger partial charge in [-0.25, -0.2) is 22.5 Å². The van der Waals surface area contributed by atoms with E-state index in [4.69, 9.17) is 4.74 Å². The van der Waals surface area contributed by atoms with Crippen LogP contribution in [0.25, 0.3) is 10.2 Å². The number of thiazole rings is 1. The molecule has 1 N–H and O–H groups in total. The molecule has 0 saturated carbocycles. The molecule has 0 aliphatic rings. The van der Waals surface area contributed by atoms with Crippen LogP contribution in [0.3, 0.4) is 0 Å². The summed E-state index contributed by atoms with van der Waals surface area (Å²) in [4.78, 5) is 28.8. The molecule has 0 aliphatic heterocycles. The quantitative estimate of drug-likeness (QED) is 0.583. The monoisotopic (exact) mass is 447 g/mol. The molecule has 0 atom stereocenters. The molecule has 0 fully saturated rings. The molecule has 0 aliphatic carbocycles. The first-order chi connectivity index (χ1) is 14.1. The number of hydrogen-bond donors (Lipinski definition) is 1. The zero-order chi connectivity index (χ0) is 22.1. The number of esters is 1. The minimum absolute atomic E-state index is 0.0356. The maximum absolute atomic E-state index is 12.2. The van der Waals surface area contributed by atoms with Crippen molar-refractivity contribution in [1.29, 1.82) is 0 Å². The van der Waals surface area contributed by atoms with Gasteiger partial charge in [0.25, 0.3) is 5.91 Å². The van der Waals surface area contributed by atoms with E-state index in [0.717, 1.165) is 25.6 Å². The van der Waals surface area contributed by atoms with Crippen LogP contribution >= 0.6 is 11.3 Å². The van der Waals surface area contributed by atoms with Gasteiger partial charge in [-0.2, -0.15) is 0 Å². The summed E-state index contributed by atoms with van der Waals surface area (Å²) in [6.07, 6.45) is 0. The second-order valence-electron chi connectivity index (χ2n) is 6.89. The van der Waals surface area contributed by atoms with Gasteiger partial charge in [-0.1, -0.05) is 23.5 Å². The molecular formula is C20H21N3O5S2. The lowest BCUT2D eigenvalue weighted by molar-refractivity contribution is -0.119. The van der Waals surface area contributed by atoms with E-state index in [2.05, 4.69) is 10.3 Å². The van der Waals surface area contributed by atoms with Gasteiger partial charge in [-0.05, 0) is 49.2 Å². The van der Waals surface area contributed by atoms with E-state index in [1.165, 1.54) is 49.7 Å². The number of benzene rings is 2. The molecule has 2 aromatic carbocycles. The molecule has 0 saturated heterocycles. The number of hydrogen-bond acceptors (Lipinski definition) is 7. The molecule has 1 heterocycles. The molecule has 8 nitrogen and oxygen atoms in total. The van der Waals surface area contributed by atoms with Gasteiger partial charge >= 0.3 is 5.97 Å². The summed E-state index contributed by atoms with van der Waals surface area (Å²) in [5.74, 6) is -1.33. The Kier molecular flexibility index (Phi) is 6.20. The SMILES string of the molecule is Cc1cc(C)c2nc(NC(=O)COC(=O)c3cccc(S(=O)(=O)N(C)C)c3)sc2c1. The summed E-state index contributed by atoms with van der Waals surface area (Å²) in [5, 5.41) is 3.04. The number of fused-ring (bicyclic) bond motifs is 1. The number of carbonyl (C=O) groups excluding carboxylic acids is 2. The fraction of sp³-hybridized carbons (Fsp3) is 0.250. The van der Waals surface area contributed by atoms with Crippen LogP contribution < -0.4 is 5.32 Å². The number of ether oxygens (including phenoxy) is 1. The Morgan fingerprint density at radius 3 is 2.60 bits per heavy atom. The highest BCUT2D eigenvalue weighted by Crippen LogP contribution is 2.29. The van der Waals surface area contributed by atoms with E-state index in [9.17, 15) is 18.0 Å². The Balaban J connectivity index is 1.65. The van der Waals surface area contributed by atoms with Crippen LogP contribution in [0.2, 0.25) is 0 Å². The van der Waals surface area contributed by atoms with E-state index in [1.54, 1.807) is 0 Å². The maximum atomic E-state index is 12.2. The third kappa shape index (κ3) is 4.66. The Labute approximate surface area is 178 Å². The van der Waals surface area contributed by atoms with Gasteiger partial charge in [0.05, 0.1) is 20.7 Å². The smallest absolute Gasteiger partial charge is 0.338 e. The van der Waals surface area contributed by atoms with Gasteiger partial charge in [0.2, 0.25) is 10.0 Å². The molecule has 10 heteroatoms. The lowest BCUT2D eigenvalue weighted by Crippen LogP contribution is -2.23. The fourth-order valence-corrected chi connectivity index (χ4v) is 4.79. The number of nitrogens with one attached hydrogen (secondary N) is 1. The zero-order valence-electron chi connectivity index (χ0n) is 16.9. The number of rotatable bonds is 6. The predicted octanol–water partition coefficient (Wildman–Crippen LogP) is 2.96. The number of sulfonamides is 1. The summed E-state index contributed by atoms with van der Waals surface area (Å²) in [6, 6.07) is 9.47. The molecule has 0 radical (unpaired) electrons. The summed E-state index contributed by atoms with van der Waals surface area (Å²) in [5.41, 5.74) is 2.98. The topological polar surface area (TPSA) is 106 Å². The van der Waals surface area contributed by atoms with Crippen LogP contribution in [0.5, 0.6) is 0 Å². The van der Waals surface area contributed by atoms with Crippen LogP contribution in [0.15, 0.2) is 41.3 Å². The van der Waals surface area contributed by atoms with Gasteiger partial charge < -0.3 is 4.74 Å². The number of aromatic nitrogens is 1. The maximum Gasteiger partial charge on any atom is 0.338 e. The number of anilines is 1. The Morgan fingerprint density at radius 1 is 1.17 bits per heavy atom. The molecule has 30 heavy (non-hydrogen) atoms. The van der Waals surface area contributed by atoms with Crippen molar-refractivity contribution in [3.8, 4) is 0 Å². The first-order valence-corrected chi connectivity index (χ1v) is 11.2. The van der Waals surface area contributed by atoms with Crippen LogP contribution in [0, 0.1) is 13.8 Å². The van der Waals surface area contributed by atoms with Gasteiger partial charge in [0, 0.05) is 14.1 Å².